The van der Waals surface area contributed by atoms with Crippen molar-refractivity contribution in [3.8, 4) is 0 Å². The number of methoxy groups -OCH3 is 1. The highest BCUT2D eigenvalue weighted by molar-refractivity contribution is 7.99. The fourth-order valence-electron chi connectivity index (χ4n) is 4.34. The van der Waals surface area contributed by atoms with Gasteiger partial charge in [0.25, 0.3) is 5.56 Å². The molecule has 1 N–H and O–H groups in total. The van der Waals surface area contributed by atoms with Crippen LogP contribution in [-0.2, 0) is 9.53 Å². The van der Waals surface area contributed by atoms with Crippen LogP contribution in [-0.4, -0.2) is 48.0 Å². The smallest absolute Gasteiger partial charge is 0.262 e. The van der Waals surface area contributed by atoms with Gasteiger partial charge in [0.1, 0.15) is 0 Å². The summed E-state index contributed by atoms with van der Waals surface area (Å²) in [5.41, 5.74) is 2.47. The SMILES string of the molecule is COC[C@@H](C)n1c(SCC(=O)Nc2ccc(N3CCCCCC3)cc2)nc2ccccc2c1=O. The molecule has 1 aromatic heterocycles. The Bertz CT molecular complexity index is 1170. The molecule has 2 heterocycles. The molecule has 1 amide bonds. The van der Waals surface area contributed by atoms with Gasteiger partial charge in [0, 0.05) is 31.6 Å². The van der Waals surface area contributed by atoms with Crippen LogP contribution >= 0.6 is 11.8 Å². The number of rotatable bonds is 8. The van der Waals surface area contributed by atoms with Crippen molar-refractivity contribution in [2.75, 3.05) is 42.8 Å². The summed E-state index contributed by atoms with van der Waals surface area (Å²) in [5.74, 6) is 0.0131. The summed E-state index contributed by atoms with van der Waals surface area (Å²) in [6.07, 6.45) is 5.05. The predicted molar refractivity (Wildman–Crippen MR) is 139 cm³/mol. The summed E-state index contributed by atoms with van der Waals surface area (Å²) in [6, 6.07) is 15.1. The van der Waals surface area contributed by atoms with Gasteiger partial charge < -0.3 is 15.0 Å². The summed E-state index contributed by atoms with van der Waals surface area (Å²) in [6.45, 7) is 4.47. The Morgan fingerprint density at radius 1 is 1.09 bits per heavy atom. The highest BCUT2D eigenvalue weighted by atomic mass is 32.2. The molecule has 1 aliphatic heterocycles. The fourth-order valence-corrected chi connectivity index (χ4v) is 5.24. The Labute approximate surface area is 204 Å². The molecule has 7 nitrogen and oxygen atoms in total. The molecular formula is C26H32N4O3S. The first-order valence-corrected chi connectivity index (χ1v) is 12.8. The molecule has 1 saturated heterocycles. The molecule has 0 radical (unpaired) electrons. The number of ether oxygens (including phenoxy) is 1. The monoisotopic (exact) mass is 480 g/mol. The molecule has 0 spiro atoms. The topological polar surface area (TPSA) is 76.5 Å². The number of nitrogens with one attached hydrogen (secondary N) is 1. The summed E-state index contributed by atoms with van der Waals surface area (Å²) in [5, 5.41) is 4.03. The average Bonchev–Trinajstić information content (AvgIpc) is 3.13. The van der Waals surface area contributed by atoms with Crippen LogP contribution in [0.5, 0.6) is 0 Å². The number of nitrogens with zero attached hydrogens (tertiary/aromatic N) is 3. The van der Waals surface area contributed by atoms with Crippen LogP contribution in [0.3, 0.4) is 0 Å². The number of para-hydroxylation sites is 1. The summed E-state index contributed by atoms with van der Waals surface area (Å²) < 4.78 is 6.89. The van der Waals surface area contributed by atoms with Crippen molar-refractivity contribution in [2.24, 2.45) is 0 Å². The van der Waals surface area contributed by atoms with Crippen molar-refractivity contribution in [1.82, 2.24) is 9.55 Å². The molecule has 180 valence electrons. The number of aromatic nitrogens is 2. The lowest BCUT2D eigenvalue weighted by Gasteiger charge is -2.22. The normalized spacial score (nSPS) is 15.2. The van der Waals surface area contributed by atoms with E-state index >= 15 is 0 Å². The van der Waals surface area contributed by atoms with Crippen LogP contribution in [0.25, 0.3) is 10.9 Å². The van der Waals surface area contributed by atoms with Crippen LogP contribution in [0.4, 0.5) is 11.4 Å². The Morgan fingerprint density at radius 3 is 2.50 bits per heavy atom. The molecule has 0 bridgehead atoms. The number of hydrogen-bond acceptors (Lipinski definition) is 6. The molecule has 1 fully saturated rings. The molecule has 3 aromatic rings. The fraction of sp³-hybridized carbons (Fsp3) is 0.423. The van der Waals surface area contributed by atoms with E-state index in [1.165, 1.54) is 43.1 Å². The molecule has 0 saturated carbocycles. The van der Waals surface area contributed by atoms with Crippen LogP contribution < -0.4 is 15.8 Å². The number of thioether (sulfide) groups is 1. The van der Waals surface area contributed by atoms with Crippen molar-refractivity contribution in [3.05, 3.63) is 58.9 Å². The van der Waals surface area contributed by atoms with E-state index in [2.05, 4.69) is 27.3 Å². The first-order valence-electron chi connectivity index (χ1n) is 11.8. The van der Waals surface area contributed by atoms with E-state index in [9.17, 15) is 9.59 Å². The summed E-state index contributed by atoms with van der Waals surface area (Å²) in [4.78, 5) is 32.9. The number of carbonyl (C=O) groups is 1. The van der Waals surface area contributed by atoms with Gasteiger partial charge in [0.2, 0.25) is 5.91 Å². The van der Waals surface area contributed by atoms with E-state index in [0.717, 1.165) is 18.8 Å². The van der Waals surface area contributed by atoms with Crippen LogP contribution in [0.2, 0.25) is 0 Å². The minimum atomic E-state index is -0.202. The number of amides is 1. The number of hydrogen-bond donors (Lipinski definition) is 1. The van der Waals surface area contributed by atoms with Gasteiger partial charge in [-0.1, -0.05) is 36.7 Å². The van der Waals surface area contributed by atoms with Crippen LogP contribution in [0.1, 0.15) is 38.6 Å². The molecule has 8 heteroatoms. The van der Waals surface area contributed by atoms with Gasteiger partial charge in [-0.2, -0.15) is 0 Å². The standard InChI is InChI=1S/C26H32N4O3S/c1-19(17-33-2)30-25(32)22-9-5-6-10-23(22)28-26(30)34-18-24(31)27-20-11-13-21(14-12-20)29-15-7-3-4-8-16-29/h5-6,9-14,19H,3-4,7-8,15-18H2,1-2H3,(H,27,31)/t19-/m1/s1. The molecule has 1 aliphatic rings. The lowest BCUT2D eigenvalue weighted by atomic mass is 10.2. The largest absolute Gasteiger partial charge is 0.383 e. The third kappa shape index (κ3) is 5.80. The quantitative estimate of drug-likeness (QED) is 0.372. The minimum absolute atomic E-state index is 0.123. The highest BCUT2D eigenvalue weighted by Crippen LogP contribution is 2.23. The Morgan fingerprint density at radius 2 is 1.79 bits per heavy atom. The number of benzene rings is 2. The zero-order chi connectivity index (χ0) is 23.9. The van der Waals surface area contributed by atoms with Gasteiger partial charge in [-0.25, -0.2) is 4.98 Å². The van der Waals surface area contributed by atoms with E-state index in [0.29, 0.717) is 22.7 Å². The average molecular weight is 481 g/mol. The van der Waals surface area contributed by atoms with E-state index in [-0.39, 0.29) is 23.3 Å². The maximum atomic E-state index is 13.1. The van der Waals surface area contributed by atoms with Gasteiger partial charge in [0.05, 0.1) is 29.3 Å². The van der Waals surface area contributed by atoms with Crippen molar-refractivity contribution in [3.63, 3.8) is 0 Å². The molecule has 1 atom stereocenters. The maximum absolute atomic E-state index is 13.1. The maximum Gasteiger partial charge on any atom is 0.262 e. The van der Waals surface area contributed by atoms with Gasteiger partial charge in [-0.15, -0.1) is 0 Å². The van der Waals surface area contributed by atoms with Crippen molar-refractivity contribution >= 4 is 39.9 Å². The number of anilines is 2. The lowest BCUT2D eigenvalue weighted by Crippen LogP contribution is -2.29. The molecule has 4 rings (SSSR count). The van der Waals surface area contributed by atoms with E-state index < -0.39 is 0 Å². The van der Waals surface area contributed by atoms with Gasteiger partial charge in [-0.3, -0.25) is 14.2 Å². The van der Waals surface area contributed by atoms with E-state index in [1.54, 1.807) is 17.7 Å². The highest BCUT2D eigenvalue weighted by Gasteiger charge is 2.18. The lowest BCUT2D eigenvalue weighted by molar-refractivity contribution is -0.113. The Hall–Kier alpha value is -2.84. The van der Waals surface area contributed by atoms with Crippen LogP contribution in [0.15, 0.2) is 58.5 Å². The third-order valence-electron chi connectivity index (χ3n) is 6.08. The minimum Gasteiger partial charge on any atom is -0.383 e. The second-order valence-electron chi connectivity index (χ2n) is 8.68. The zero-order valence-corrected chi connectivity index (χ0v) is 20.6. The molecule has 0 aliphatic carbocycles. The second kappa shape index (κ2) is 11.5. The van der Waals surface area contributed by atoms with Crippen LogP contribution in [0, 0.1) is 0 Å². The Kier molecular flexibility index (Phi) is 8.24. The Balaban J connectivity index is 1.44. The summed E-state index contributed by atoms with van der Waals surface area (Å²) >= 11 is 1.26. The second-order valence-corrected chi connectivity index (χ2v) is 9.62. The zero-order valence-electron chi connectivity index (χ0n) is 19.8. The first kappa shape index (κ1) is 24.3. The number of carbonyl (C=O) groups excluding carboxylic acids is 1. The van der Waals surface area contributed by atoms with Crippen molar-refractivity contribution in [2.45, 2.75) is 43.8 Å². The first-order chi connectivity index (χ1) is 16.6. The van der Waals surface area contributed by atoms with Crippen molar-refractivity contribution in [1.29, 1.82) is 0 Å². The molecular weight excluding hydrogens is 448 g/mol. The predicted octanol–water partition coefficient (Wildman–Crippen LogP) is 4.72. The summed E-state index contributed by atoms with van der Waals surface area (Å²) in [7, 11) is 1.61. The van der Waals surface area contributed by atoms with Gasteiger partial charge in [0.15, 0.2) is 5.16 Å². The molecule has 2 aromatic carbocycles. The van der Waals surface area contributed by atoms with Gasteiger partial charge >= 0.3 is 0 Å². The number of fused-ring (bicyclic) bond motifs is 1. The molecule has 0 unspecified atom stereocenters. The molecule has 34 heavy (non-hydrogen) atoms. The van der Waals surface area contributed by atoms with E-state index in [1.807, 2.05) is 37.3 Å². The van der Waals surface area contributed by atoms with Gasteiger partial charge in [-0.05, 0) is 56.2 Å². The van der Waals surface area contributed by atoms with Crippen molar-refractivity contribution < 1.29 is 9.53 Å². The third-order valence-corrected chi connectivity index (χ3v) is 7.03. The van der Waals surface area contributed by atoms with E-state index in [4.69, 9.17) is 4.74 Å².